The second kappa shape index (κ2) is 7.61. The zero-order chi connectivity index (χ0) is 13.5. The lowest BCUT2D eigenvalue weighted by Crippen LogP contribution is -2.22. The lowest BCUT2D eigenvalue weighted by molar-refractivity contribution is -0.384. The highest BCUT2D eigenvalue weighted by molar-refractivity contribution is 7.98. The molecule has 0 saturated heterocycles. The maximum absolute atomic E-state index is 10.6. The Balaban J connectivity index is 2.50. The van der Waals surface area contributed by atoms with Crippen molar-refractivity contribution in [1.82, 2.24) is 5.32 Å². The molecule has 1 aromatic rings. The number of rotatable bonds is 7. The first kappa shape index (κ1) is 15.3. The van der Waals surface area contributed by atoms with Gasteiger partial charge in [-0.05, 0) is 36.1 Å². The fraction of sp³-hybridized carbons (Fsp3) is 0.500. The molecule has 0 spiro atoms. The SMILES string of the molecule is CSCC(C)CNCc1ccc([N+](=O)[O-])cc1Cl. The topological polar surface area (TPSA) is 55.2 Å². The van der Waals surface area contributed by atoms with E-state index in [1.165, 1.54) is 12.1 Å². The van der Waals surface area contributed by atoms with Gasteiger partial charge in [0.1, 0.15) is 0 Å². The first-order valence-electron chi connectivity index (χ1n) is 5.67. The Labute approximate surface area is 116 Å². The van der Waals surface area contributed by atoms with Crippen molar-refractivity contribution in [3.63, 3.8) is 0 Å². The summed E-state index contributed by atoms with van der Waals surface area (Å²) in [5.41, 5.74) is 0.915. The Morgan fingerprint density at radius 3 is 2.83 bits per heavy atom. The number of benzene rings is 1. The molecule has 0 fully saturated rings. The Bertz CT molecular complexity index is 415. The standard InChI is InChI=1S/C12H17ClN2O2S/c1-9(8-18-2)6-14-7-10-3-4-11(15(16)17)5-12(10)13/h3-5,9,14H,6-8H2,1-2H3. The molecule has 0 amide bonds. The maximum atomic E-state index is 10.6. The number of non-ortho nitro benzene ring substituents is 1. The monoisotopic (exact) mass is 288 g/mol. The highest BCUT2D eigenvalue weighted by Gasteiger charge is 2.09. The molecular weight excluding hydrogens is 272 g/mol. The van der Waals surface area contributed by atoms with E-state index in [-0.39, 0.29) is 5.69 Å². The van der Waals surface area contributed by atoms with Gasteiger partial charge in [-0.25, -0.2) is 0 Å². The van der Waals surface area contributed by atoms with E-state index in [0.717, 1.165) is 17.9 Å². The zero-order valence-electron chi connectivity index (χ0n) is 10.5. The molecule has 6 heteroatoms. The molecule has 18 heavy (non-hydrogen) atoms. The average Bonchev–Trinajstić information content (AvgIpc) is 2.31. The quantitative estimate of drug-likeness (QED) is 0.617. The van der Waals surface area contributed by atoms with E-state index < -0.39 is 4.92 Å². The van der Waals surface area contributed by atoms with Gasteiger partial charge in [-0.2, -0.15) is 11.8 Å². The third-order valence-corrected chi connectivity index (χ3v) is 3.76. The van der Waals surface area contributed by atoms with Crippen LogP contribution in [0.5, 0.6) is 0 Å². The minimum absolute atomic E-state index is 0.0273. The summed E-state index contributed by atoms with van der Waals surface area (Å²) in [6.07, 6.45) is 2.09. The van der Waals surface area contributed by atoms with Crippen LogP contribution in [-0.4, -0.2) is 23.5 Å². The normalized spacial score (nSPS) is 12.4. The smallest absolute Gasteiger partial charge is 0.270 e. The van der Waals surface area contributed by atoms with E-state index >= 15 is 0 Å². The molecule has 1 atom stereocenters. The number of nitro groups is 1. The van der Waals surface area contributed by atoms with Crippen LogP contribution >= 0.6 is 23.4 Å². The Morgan fingerprint density at radius 2 is 2.28 bits per heavy atom. The molecule has 1 rings (SSSR count). The minimum atomic E-state index is -0.441. The molecule has 0 aliphatic rings. The summed E-state index contributed by atoms with van der Waals surface area (Å²) in [7, 11) is 0. The van der Waals surface area contributed by atoms with Crippen molar-refractivity contribution in [2.24, 2.45) is 5.92 Å². The highest BCUT2D eigenvalue weighted by Crippen LogP contribution is 2.22. The van der Waals surface area contributed by atoms with Gasteiger partial charge >= 0.3 is 0 Å². The molecule has 100 valence electrons. The van der Waals surface area contributed by atoms with Gasteiger partial charge in [0, 0.05) is 18.7 Å². The number of halogens is 1. The summed E-state index contributed by atoms with van der Waals surface area (Å²) >= 11 is 7.82. The number of thioether (sulfide) groups is 1. The van der Waals surface area contributed by atoms with Gasteiger partial charge in [0.05, 0.1) is 9.95 Å². The number of hydrogen-bond donors (Lipinski definition) is 1. The molecule has 1 N–H and O–H groups in total. The van der Waals surface area contributed by atoms with E-state index in [1.807, 2.05) is 11.8 Å². The van der Waals surface area contributed by atoms with E-state index in [1.54, 1.807) is 6.07 Å². The summed E-state index contributed by atoms with van der Waals surface area (Å²) in [4.78, 5) is 10.1. The van der Waals surface area contributed by atoms with Crippen molar-refractivity contribution in [3.05, 3.63) is 38.9 Å². The second-order valence-corrected chi connectivity index (χ2v) is 5.54. The van der Waals surface area contributed by atoms with Gasteiger partial charge in [0.2, 0.25) is 0 Å². The summed E-state index contributed by atoms with van der Waals surface area (Å²) < 4.78 is 0. The number of nitrogens with zero attached hydrogens (tertiary/aromatic N) is 1. The highest BCUT2D eigenvalue weighted by atomic mass is 35.5. The van der Waals surface area contributed by atoms with Crippen LogP contribution in [-0.2, 0) is 6.54 Å². The lowest BCUT2D eigenvalue weighted by atomic mass is 10.2. The van der Waals surface area contributed by atoms with Crippen LogP contribution < -0.4 is 5.32 Å². The molecule has 0 bridgehead atoms. The molecule has 0 aliphatic heterocycles. The van der Waals surface area contributed by atoms with Gasteiger partial charge in [0.25, 0.3) is 5.69 Å². The molecular formula is C12H17ClN2O2S. The predicted molar refractivity (Wildman–Crippen MR) is 77.4 cm³/mol. The van der Waals surface area contributed by atoms with Gasteiger partial charge in [-0.3, -0.25) is 10.1 Å². The van der Waals surface area contributed by atoms with Crippen molar-refractivity contribution < 1.29 is 4.92 Å². The lowest BCUT2D eigenvalue weighted by Gasteiger charge is -2.11. The van der Waals surface area contributed by atoms with E-state index in [9.17, 15) is 10.1 Å². The minimum Gasteiger partial charge on any atom is -0.312 e. The van der Waals surface area contributed by atoms with Gasteiger partial charge in [0.15, 0.2) is 0 Å². The number of nitrogens with one attached hydrogen (secondary N) is 1. The van der Waals surface area contributed by atoms with Crippen LogP contribution in [0.2, 0.25) is 5.02 Å². The average molecular weight is 289 g/mol. The van der Waals surface area contributed by atoms with E-state index in [2.05, 4.69) is 18.5 Å². The van der Waals surface area contributed by atoms with Gasteiger partial charge in [-0.1, -0.05) is 18.5 Å². The van der Waals surface area contributed by atoms with Gasteiger partial charge < -0.3 is 5.32 Å². The molecule has 1 aromatic carbocycles. The van der Waals surface area contributed by atoms with Crippen LogP contribution in [0.15, 0.2) is 18.2 Å². The van der Waals surface area contributed by atoms with Crippen molar-refractivity contribution >= 4 is 29.1 Å². The van der Waals surface area contributed by atoms with Crippen LogP contribution in [0.25, 0.3) is 0 Å². The van der Waals surface area contributed by atoms with Crippen molar-refractivity contribution in [3.8, 4) is 0 Å². The molecule has 0 aromatic heterocycles. The Morgan fingerprint density at radius 1 is 1.56 bits per heavy atom. The summed E-state index contributed by atoms with van der Waals surface area (Å²) in [6, 6.07) is 4.57. The first-order chi connectivity index (χ1) is 8.54. The van der Waals surface area contributed by atoms with Gasteiger partial charge in [-0.15, -0.1) is 0 Å². The third kappa shape index (κ3) is 4.84. The fourth-order valence-electron chi connectivity index (χ4n) is 1.59. The van der Waals surface area contributed by atoms with Crippen molar-refractivity contribution in [2.75, 3.05) is 18.6 Å². The molecule has 0 aliphatic carbocycles. The molecule has 1 unspecified atom stereocenters. The fourth-order valence-corrected chi connectivity index (χ4v) is 2.52. The number of nitro benzene ring substituents is 1. The summed E-state index contributed by atoms with van der Waals surface area (Å²) in [5, 5.41) is 14.3. The zero-order valence-corrected chi connectivity index (χ0v) is 12.1. The van der Waals surface area contributed by atoms with Crippen LogP contribution in [0.3, 0.4) is 0 Å². The van der Waals surface area contributed by atoms with E-state index in [4.69, 9.17) is 11.6 Å². The molecule has 4 nitrogen and oxygen atoms in total. The largest absolute Gasteiger partial charge is 0.312 e. The first-order valence-corrected chi connectivity index (χ1v) is 7.44. The molecule has 0 radical (unpaired) electrons. The summed E-state index contributed by atoms with van der Waals surface area (Å²) in [5.74, 6) is 1.71. The van der Waals surface area contributed by atoms with Crippen LogP contribution in [0.4, 0.5) is 5.69 Å². The Kier molecular flexibility index (Phi) is 6.46. The predicted octanol–water partition coefficient (Wildman–Crippen LogP) is 3.34. The van der Waals surface area contributed by atoms with Crippen LogP contribution in [0.1, 0.15) is 12.5 Å². The Hall–Kier alpha value is -0.780. The number of hydrogen-bond acceptors (Lipinski definition) is 4. The third-order valence-electron chi connectivity index (χ3n) is 2.51. The van der Waals surface area contributed by atoms with E-state index in [0.29, 0.717) is 17.5 Å². The summed E-state index contributed by atoms with van der Waals surface area (Å²) in [6.45, 7) is 3.73. The maximum Gasteiger partial charge on any atom is 0.270 e. The molecule has 0 heterocycles. The van der Waals surface area contributed by atoms with Crippen molar-refractivity contribution in [2.45, 2.75) is 13.5 Å². The molecule has 0 saturated carbocycles. The van der Waals surface area contributed by atoms with Crippen LogP contribution in [0, 0.1) is 16.0 Å². The second-order valence-electron chi connectivity index (χ2n) is 4.22. The van der Waals surface area contributed by atoms with Crippen molar-refractivity contribution in [1.29, 1.82) is 0 Å².